The Kier molecular flexibility index (Phi) is 4.65. The van der Waals surface area contributed by atoms with Gasteiger partial charge in [-0.15, -0.1) is 0 Å². The molecule has 4 aromatic rings. The second-order valence-corrected chi connectivity index (χ2v) is 7.27. The molecule has 0 atom stereocenters. The summed E-state index contributed by atoms with van der Waals surface area (Å²) in [4.78, 5) is 26.4. The average Bonchev–Trinajstić information content (AvgIpc) is 3.23. The zero-order valence-electron chi connectivity index (χ0n) is 16.3. The maximum absolute atomic E-state index is 12.8. The van der Waals surface area contributed by atoms with Gasteiger partial charge < -0.3 is 20.4 Å². The molecular weight excluding hydrogens is 378 g/mol. The quantitative estimate of drug-likeness (QED) is 0.515. The molecular formula is C23H21N5O2. The van der Waals surface area contributed by atoms with E-state index in [1.807, 2.05) is 36.7 Å². The Labute approximate surface area is 173 Å². The number of nitrogen functional groups attached to an aromatic ring is 1. The lowest BCUT2D eigenvalue weighted by Crippen LogP contribution is -2.40. The monoisotopic (exact) mass is 399 g/mol. The molecule has 4 heterocycles. The van der Waals surface area contributed by atoms with Gasteiger partial charge >= 0.3 is 0 Å². The van der Waals surface area contributed by atoms with Crippen molar-refractivity contribution < 1.29 is 9.53 Å². The number of amides is 1. The van der Waals surface area contributed by atoms with Crippen molar-refractivity contribution in [1.82, 2.24) is 19.9 Å². The van der Waals surface area contributed by atoms with E-state index in [2.05, 4.69) is 21.0 Å². The van der Waals surface area contributed by atoms with Crippen molar-refractivity contribution in [2.45, 2.75) is 0 Å². The number of hydrogen-bond acceptors (Lipinski definition) is 5. The number of pyridine rings is 2. The molecule has 7 heteroatoms. The molecule has 3 N–H and O–H groups in total. The Morgan fingerprint density at radius 3 is 2.60 bits per heavy atom. The summed E-state index contributed by atoms with van der Waals surface area (Å²) in [5, 5.41) is 1.02. The first-order chi connectivity index (χ1) is 14.7. The van der Waals surface area contributed by atoms with Crippen LogP contribution in [-0.4, -0.2) is 52.1 Å². The molecule has 0 saturated carbocycles. The van der Waals surface area contributed by atoms with E-state index in [9.17, 15) is 4.79 Å². The maximum atomic E-state index is 12.8. The van der Waals surface area contributed by atoms with Crippen LogP contribution in [-0.2, 0) is 4.74 Å². The lowest BCUT2D eigenvalue weighted by molar-refractivity contribution is 0.0303. The Hall–Kier alpha value is -3.71. The van der Waals surface area contributed by atoms with E-state index in [0.717, 1.165) is 33.3 Å². The molecule has 1 fully saturated rings. The molecule has 1 aromatic carbocycles. The molecule has 1 aliphatic rings. The summed E-state index contributed by atoms with van der Waals surface area (Å²) in [6.07, 6.45) is 7.31. The minimum Gasteiger partial charge on any atom is -0.398 e. The minimum atomic E-state index is -0.0541. The molecule has 7 nitrogen and oxygen atoms in total. The number of benzene rings is 1. The summed E-state index contributed by atoms with van der Waals surface area (Å²) < 4.78 is 5.32. The van der Waals surface area contributed by atoms with Crippen molar-refractivity contribution >= 4 is 22.6 Å². The van der Waals surface area contributed by atoms with E-state index in [0.29, 0.717) is 37.6 Å². The van der Waals surface area contributed by atoms with Crippen LogP contribution in [0.25, 0.3) is 33.3 Å². The predicted octanol–water partition coefficient (Wildman–Crippen LogP) is 3.35. The van der Waals surface area contributed by atoms with Gasteiger partial charge in [0.05, 0.1) is 18.8 Å². The molecule has 3 aromatic heterocycles. The van der Waals surface area contributed by atoms with Gasteiger partial charge in [0.15, 0.2) is 0 Å². The number of nitrogens with zero attached hydrogens (tertiary/aromatic N) is 3. The summed E-state index contributed by atoms with van der Waals surface area (Å²) in [6.45, 7) is 2.30. The van der Waals surface area contributed by atoms with Crippen LogP contribution in [0.4, 0.5) is 5.69 Å². The van der Waals surface area contributed by atoms with Gasteiger partial charge in [-0.05, 0) is 41.5 Å². The fourth-order valence-electron chi connectivity index (χ4n) is 3.81. The Morgan fingerprint density at radius 2 is 1.83 bits per heavy atom. The number of morpholine rings is 1. The molecule has 150 valence electrons. The van der Waals surface area contributed by atoms with Crippen molar-refractivity contribution in [1.29, 1.82) is 0 Å². The highest BCUT2D eigenvalue weighted by molar-refractivity contribution is 6.00. The molecule has 0 bridgehead atoms. The molecule has 1 saturated heterocycles. The van der Waals surface area contributed by atoms with E-state index >= 15 is 0 Å². The lowest BCUT2D eigenvalue weighted by Gasteiger charge is -2.27. The summed E-state index contributed by atoms with van der Waals surface area (Å²) in [6, 6.07) is 11.6. The number of hydrogen-bond donors (Lipinski definition) is 2. The van der Waals surface area contributed by atoms with Crippen LogP contribution in [0.1, 0.15) is 10.4 Å². The molecule has 0 unspecified atom stereocenters. The van der Waals surface area contributed by atoms with Crippen molar-refractivity contribution in [3.05, 3.63) is 66.7 Å². The summed E-state index contributed by atoms with van der Waals surface area (Å²) in [5.41, 5.74) is 12.1. The number of aromatic amines is 1. The van der Waals surface area contributed by atoms with Crippen LogP contribution in [0.2, 0.25) is 0 Å². The number of ether oxygens (including phenoxy) is 1. The first kappa shape index (κ1) is 18.3. The Morgan fingerprint density at radius 1 is 1.03 bits per heavy atom. The van der Waals surface area contributed by atoms with E-state index in [4.69, 9.17) is 10.5 Å². The maximum Gasteiger partial charge on any atom is 0.256 e. The topological polar surface area (TPSA) is 97.1 Å². The van der Waals surface area contributed by atoms with Gasteiger partial charge in [0.2, 0.25) is 0 Å². The number of nitrogens with two attached hydrogens (primary N) is 1. The Bertz CT molecular complexity index is 1210. The number of H-pyrrole nitrogens is 1. The van der Waals surface area contributed by atoms with Crippen LogP contribution >= 0.6 is 0 Å². The molecule has 1 amide bonds. The van der Waals surface area contributed by atoms with E-state index in [1.165, 1.54) is 0 Å². The van der Waals surface area contributed by atoms with Gasteiger partial charge in [-0.25, -0.2) is 4.98 Å². The van der Waals surface area contributed by atoms with Crippen molar-refractivity contribution in [3.63, 3.8) is 0 Å². The first-order valence-corrected chi connectivity index (χ1v) is 9.85. The number of rotatable bonds is 3. The smallest absolute Gasteiger partial charge is 0.256 e. The van der Waals surface area contributed by atoms with Crippen LogP contribution in [0.15, 0.2) is 61.2 Å². The third-order valence-electron chi connectivity index (χ3n) is 5.44. The molecule has 0 aliphatic carbocycles. The summed E-state index contributed by atoms with van der Waals surface area (Å²) in [7, 11) is 0. The second-order valence-electron chi connectivity index (χ2n) is 7.27. The van der Waals surface area contributed by atoms with Gasteiger partial charge in [0.25, 0.3) is 5.91 Å². The zero-order valence-corrected chi connectivity index (χ0v) is 16.3. The van der Waals surface area contributed by atoms with Gasteiger partial charge in [-0.3, -0.25) is 9.78 Å². The molecule has 1 aliphatic heterocycles. The van der Waals surface area contributed by atoms with Gasteiger partial charge in [-0.1, -0.05) is 6.07 Å². The molecule has 0 radical (unpaired) electrons. The fourth-order valence-corrected chi connectivity index (χ4v) is 3.81. The van der Waals surface area contributed by atoms with Crippen molar-refractivity contribution in [2.75, 3.05) is 32.0 Å². The van der Waals surface area contributed by atoms with Crippen LogP contribution in [0.5, 0.6) is 0 Å². The summed E-state index contributed by atoms with van der Waals surface area (Å²) >= 11 is 0. The SMILES string of the molecule is Nc1cc(-c2cnc3[nH]cc(-c4ccncc4)c3c2)ccc1C(=O)N1CCOCC1. The average molecular weight is 399 g/mol. The normalized spacial score (nSPS) is 14.2. The van der Waals surface area contributed by atoms with E-state index in [-0.39, 0.29) is 5.91 Å². The van der Waals surface area contributed by atoms with Crippen LogP contribution < -0.4 is 5.73 Å². The molecule has 5 rings (SSSR count). The number of anilines is 1. The standard InChI is InChI=1S/C23H21N5O2/c24-21-12-16(1-2-18(21)23(29)28-7-9-30-10-8-28)17-11-19-20(14-27-22(19)26-13-17)15-3-5-25-6-4-15/h1-6,11-14H,7-10,24H2,(H,26,27). The van der Waals surface area contributed by atoms with E-state index in [1.54, 1.807) is 23.4 Å². The number of carbonyl (C=O) groups is 1. The number of fused-ring (bicyclic) bond motifs is 1. The number of aromatic nitrogens is 3. The minimum absolute atomic E-state index is 0.0541. The Balaban J connectivity index is 1.49. The fraction of sp³-hybridized carbons (Fsp3) is 0.174. The largest absolute Gasteiger partial charge is 0.398 e. The number of nitrogens with one attached hydrogen (secondary N) is 1. The third-order valence-corrected chi connectivity index (χ3v) is 5.44. The third kappa shape index (κ3) is 3.29. The second kappa shape index (κ2) is 7.61. The lowest BCUT2D eigenvalue weighted by atomic mass is 10.0. The van der Waals surface area contributed by atoms with Crippen molar-refractivity contribution in [3.8, 4) is 22.3 Å². The first-order valence-electron chi connectivity index (χ1n) is 9.85. The molecule has 30 heavy (non-hydrogen) atoms. The zero-order chi connectivity index (χ0) is 20.5. The molecule has 0 spiro atoms. The predicted molar refractivity (Wildman–Crippen MR) is 116 cm³/mol. The van der Waals surface area contributed by atoms with Gasteiger partial charge in [0, 0.05) is 60.1 Å². The highest BCUT2D eigenvalue weighted by Crippen LogP contribution is 2.32. The van der Waals surface area contributed by atoms with Gasteiger partial charge in [-0.2, -0.15) is 0 Å². The summed E-state index contributed by atoms with van der Waals surface area (Å²) in [5.74, 6) is -0.0541. The van der Waals surface area contributed by atoms with Crippen molar-refractivity contribution in [2.24, 2.45) is 0 Å². The van der Waals surface area contributed by atoms with Gasteiger partial charge in [0.1, 0.15) is 5.65 Å². The number of carbonyl (C=O) groups excluding carboxylic acids is 1. The van der Waals surface area contributed by atoms with E-state index < -0.39 is 0 Å². The highest BCUT2D eigenvalue weighted by atomic mass is 16.5. The van der Waals surface area contributed by atoms with Crippen LogP contribution in [0.3, 0.4) is 0 Å². The highest BCUT2D eigenvalue weighted by Gasteiger charge is 2.20. The van der Waals surface area contributed by atoms with Crippen LogP contribution in [0, 0.1) is 0 Å².